The van der Waals surface area contributed by atoms with Gasteiger partial charge in [-0.2, -0.15) is 15.3 Å². The van der Waals surface area contributed by atoms with Gasteiger partial charge in [0.2, 0.25) is 5.91 Å². The van der Waals surface area contributed by atoms with Crippen LogP contribution in [0, 0.1) is 6.92 Å². The van der Waals surface area contributed by atoms with Crippen LogP contribution in [0.1, 0.15) is 43.0 Å². The van der Waals surface area contributed by atoms with Crippen LogP contribution in [0.2, 0.25) is 5.15 Å². The van der Waals surface area contributed by atoms with E-state index in [2.05, 4.69) is 44.4 Å². The minimum atomic E-state index is -0.345. The maximum atomic E-state index is 13.2. The Morgan fingerprint density at radius 1 is 1.20 bits per heavy atom. The van der Waals surface area contributed by atoms with Crippen LogP contribution >= 0.6 is 11.6 Å². The second-order valence-electron chi connectivity index (χ2n) is 8.11. The van der Waals surface area contributed by atoms with Gasteiger partial charge in [-0.25, -0.2) is 14.5 Å². The second kappa shape index (κ2) is 6.60. The van der Waals surface area contributed by atoms with Crippen molar-refractivity contribution in [3.8, 4) is 5.82 Å². The van der Waals surface area contributed by atoms with E-state index in [0.717, 1.165) is 16.8 Å². The Labute approximate surface area is 177 Å². The van der Waals surface area contributed by atoms with Crippen molar-refractivity contribution in [2.24, 2.45) is 0 Å². The van der Waals surface area contributed by atoms with Crippen LogP contribution in [0.5, 0.6) is 0 Å². The summed E-state index contributed by atoms with van der Waals surface area (Å²) in [6.45, 7) is 6.11. The Balaban J connectivity index is 1.46. The molecule has 0 radical (unpaired) electrons. The summed E-state index contributed by atoms with van der Waals surface area (Å²) < 4.78 is 1.75. The molecule has 0 saturated heterocycles. The Bertz CT molecular complexity index is 1280. The fourth-order valence-electron chi connectivity index (χ4n) is 4.20. The van der Waals surface area contributed by atoms with Gasteiger partial charge in [0.05, 0.1) is 35.9 Å². The van der Waals surface area contributed by atoms with E-state index in [9.17, 15) is 4.79 Å². The molecule has 5 rings (SSSR count). The van der Waals surface area contributed by atoms with Crippen molar-refractivity contribution in [1.82, 2.24) is 34.6 Å². The molecule has 1 aliphatic rings. The highest BCUT2D eigenvalue weighted by Gasteiger charge is 2.43. The SMILES string of the molecule is Cc1cc(NC(=O)[C@H]2CC(C)(C)c3c2cnc2cc(Cl)nn32)cnc1-n1nccn1. The molecule has 0 fully saturated rings. The number of pyridine rings is 1. The van der Waals surface area contributed by atoms with E-state index in [1.807, 2.05) is 13.0 Å². The van der Waals surface area contributed by atoms with Crippen molar-refractivity contribution >= 4 is 28.8 Å². The van der Waals surface area contributed by atoms with Crippen LogP contribution in [0.3, 0.4) is 0 Å². The summed E-state index contributed by atoms with van der Waals surface area (Å²) >= 11 is 6.08. The molecule has 30 heavy (non-hydrogen) atoms. The predicted molar refractivity (Wildman–Crippen MR) is 111 cm³/mol. The third-order valence-electron chi connectivity index (χ3n) is 5.46. The topological polar surface area (TPSA) is 103 Å². The van der Waals surface area contributed by atoms with Crippen LogP contribution in [-0.4, -0.2) is 40.5 Å². The summed E-state index contributed by atoms with van der Waals surface area (Å²) in [5.41, 5.74) is 3.73. The van der Waals surface area contributed by atoms with Crippen molar-refractivity contribution in [3.05, 3.63) is 58.9 Å². The van der Waals surface area contributed by atoms with E-state index in [1.54, 1.807) is 35.4 Å². The predicted octanol–water partition coefficient (Wildman–Crippen LogP) is 3.07. The Morgan fingerprint density at radius 2 is 1.97 bits per heavy atom. The van der Waals surface area contributed by atoms with Crippen molar-refractivity contribution in [2.75, 3.05) is 5.32 Å². The molecule has 9 nitrogen and oxygen atoms in total. The number of anilines is 1. The first kappa shape index (κ1) is 18.7. The summed E-state index contributed by atoms with van der Waals surface area (Å²) in [6.07, 6.45) is 7.20. The Hall–Kier alpha value is -3.33. The van der Waals surface area contributed by atoms with Gasteiger partial charge >= 0.3 is 0 Å². The average Bonchev–Trinajstić information content (AvgIpc) is 3.39. The van der Waals surface area contributed by atoms with Crippen LogP contribution < -0.4 is 5.32 Å². The molecular weight excluding hydrogens is 404 g/mol. The second-order valence-corrected chi connectivity index (χ2v) is 8.50. The quantitative estimate of drug-likeness (QED) is 0.544. The Morgan fingerprint density at radius 3 is 2.70 bits per heavy atom. The standard InChI is InChI=1S/C20H19ClN8O/c1-11-6-12(9-23-18(11)29-24-4-5-25-29)26-19(30)13-8-20(2,3)17-14(13)10-22-16-7-15(21)27-28(16)17/h4-7,9-10,13H,8H2,1-3H3,(H,26,30)/t13-/m0/s1. The number of aromatic nitrogens is 7. The molecule has 0 unspecified atom stereocenters. The van der Waals surface area contributed by atoms with E-state index in [1.165, 1.54) is 4.80 Å². The number of fused-ring (bicyclic) bond motifs is 3. The van der Waals surface area contributed by atoms with Crippen LogP contribution in [-0.2, 0) is 10.2 Å². The Kier molecular flexibility index (Phi) is 4.11. The number of halogens is 1. The molecule has 10 heteroatoms. The summed E-state index contributed by atoms with van der Waals surface area (Å²) in [5.74, 6) is 0.169. The van der Waals surface area contributed by atoms with Crippen molar-refractivity contribution in [1.29, 1.82) is 0 Å². The van der Waals surface area contributed by atoms with Gasteiger partial charge in [-0.3, -0.25) is 4.79 Å². The van der Waals surface area contributed by atoms with Gasteiger partial charge in [0.15, 0.2) is 16.6 Å². The van der Waals surface area contributed by atoms with Gasteiger partial charge in [-0.05, 0) is 25.0 Å². The maximum Gasteiger partial charge on any atom is 0.232 e. The molecule has 1 N–H and O–H groups in total. The van der Waals surface area contributed by atoms with Gasteiger partial charge in [0.1, 0.15) is 0 Å². The molecule has 0 aromatic carbocycles. The van der Waals surface area contributed by atoms with E-state index in [0.29, 0.717) is 28.7 Å². The third kappa shape index (κ3) is 2.93. The van der Waals surface area contributed by atoms with Crippen molar-refractivity contribution in [2.45, 2.75) is 38.5 Å². The molecule has 4 aromatic heterocycles. The van der Waals surface area contributed by atoms with Gasteiger partial charge in [-0.1, -0.05) is 25.4 Å². The molecule has 152 valence electrons. The van der Waals surface area contributed by atoms with Gasteiger partial charge in [0.25, 0.3) is 0 Å². The molecular formula is C20H19ClN8O. The zero-order valence-corrected chi connectivity index (χ0v) is 17.4. The monoisotopic (exact) mass is 422 g/mol. The van der Waals surface area contributed by atoms with Crippen LogP contribution in [0.4, 0.5) is 5.69 Å². The first-order chi connectivity index (χ1) is 14.3. The number of carbonyl (C=O) groups excluding carboxylic acids is 1. The molecule has 1 amide bonds. The number of rotatable bonds is 3. The highest BCUT2D eigenvalue weighted by atomic mass is 35.5. The lowest BCUT2D eigenvalue weighted by molar-refractivity contribution is -0.117. The minimum absolute atomic E-state index is 0.104. The maximum absolute atomic E-state index is 13.2. The van der Waals surface area contributed by atoms with Crippen molar-refractivity contribution in [3.63, 3.8) is 0 Å². The number of aryl methyl sites for hydroxylation is 1. The number of hydrogen-bond donors (Lipinski definition) is 1. The highest BCUT2D eigenvalue weighted by molar-refractivity contribution is 6.29. The van der Waals surface area contributed by atoms with Gasteiger partial charge in [0, 0.05) is 23.2 Å². The lowest BCUT2D eigenvalue weighted by Gasteiger charge is -2.19. The summed E-state index contributed by atoms with van der Waals surface area (Å²) in [4.78, 5) is 23.5. The minimum Gasteiger partial charge on any atom is -0.324 e. The first-order valence-electron chi connectivity index (χ1n) is 9.52. The fraction of sp³-hybridized carbons (Fsp3) is 0.300. The normalized spacial score (nSPS) is 17.3. The molecule has 4 heterocycles. The third-order valence-corrected chi connectivity index (χ3v) is 5.64. The first-order valence-corrected chi connectivity index (χ1v) is 9.90. The van der Waals surface area contributed by atoms with Crippen LogP contribution in [0.25, 0.3) is 11.5 Å². The van der Waals surface area contributed by atoms with Gasteiger partial charge in [-0.15, -0.1) is 4.80 Å². The molecule has 0 aliphatic heterocycles. The molecule has 1 atom stereocenters. The lowest BCUT2D eigenvalue weighted by Crippen LogP contribution is -2.22. The lowest BCUT2D eigenvalue weighted by atomic mass is 9.88. The summed E-state index contributed by atoms with van der Waals surface area (Å²) in [6, 6.07) is 3.58. The number of nitrogens with one attached hydrogen (secondary N) is 1. The number of carbonyl (C=O) groups is 1. The molecule has 0 spiro atoms. The largest absolute Gasteiger partial charge is 0.324 e. The van der Waals surface area contributed by atoms with E-state index in [4.69, 9.17) is 11.6 Å². The van der Waals surface area contributed by atoms with E-state index >= 15 is 0 Å². The summed E-state index contributed by atoms with van der Waals surface area (Å²) in [7, 11) is 0. The van der Waals surface area contributed by atoms with E-state index < -0.39 is 0 Å². The highest BCUT2D eigenvalue weighted by Crippen LogP contribution is 2.46. The molecule has 4 aromatic rings. The zero-order chi connectivity index (χ0) is 21.0. The van der Waals surface area contributed by atoms with Crippen molar-refractivity contribution < 1.29 is 4.79 Å². The molecule has 0 bridgehead atoms. The zero-order valence-electron chi connectivity index (χ0n) is 16.7. The molecule has 1 aliphatic carbocycles. The fourth-order valence-corrected chi connectivity index (χ4v) is 4.38. The number of nitrogens with zero attached hydrogens (tertiary/aromatic N) is 7. The summed E-state index contributed by atoms with van der Waals surface area (Å²) in [5, 5.41) is 15.9. The smallest absolute Gasteiger partial charge is 0.232 e. The van der Waals surface area contributed by atoms with Gasteiger partial charge < -0.3 is 5.32 Å². The molecule has 0 saturated carbocycles. The number of amides is 1. The number of hydrogen-bond acceptors (Lipinski definition) is 6. The van der Waals surface area contributed by atoms with Crippen LogP contribution in [0.15, 0.2) is 36.9 Å². The average molecular weight is 423 g/mol. The van der Waals surface area contributed by atoms with E-state index in [-0.39, 0.29) is 17.2 Å².